The molecule has 60 heavy (non-hydrogen) atoms. The number of amides is 1. The van der Waals surface area contributed by atoms with E-state index < -0.39 is 49.5 Å². The van der Waals surface area contributed by atoms with Crippen molar-refractivity contribution in [2.75, 3.05) is 13.2 Å². The number of carbonyl (C=O) groups excluding carboxylic acids is 1. The number of aliphatic hydroxyl groups excluding tert-OH is 5. The van der Waals surface area contributed by atoms with Crippen molar-refractivity contribution < 1.29 is 39.8 Å². The summed E-state index contributed by atoms with van der Waals surface area (Å²) in [5.74, 6) is -0.145. The Balaban J connectivity index is 2.26. The Kier molecular flexibility index (Phi) is 39.8. The van der Waals surface area contributed by atoms with Gasteiger partial charge in [0.05, 0.1) is 25.4 Å². The predicted molar refractivity (Wildman–Crippen MR) is 249 cm³/mol. The summed E-state index contributed by atoms with van der Waals surface area (Å²) >= 11 is 0. The quantitative estimate of drug-likeness (QED) is 0.0262. The molecule has 356 valence electrons. The molecule has 1 aliphatic heterocycles. The maximum Gasteiger partial charge on any atom is 0.220 e. The average molecular weight is 854 g/mol. The first-order valence-electron chi connectivity index (χ1n) is 25.9. The second-order valence-electron chi connectivity index (χ2n) is 18.3. The molecule has 1 amide bonds. The minimum Gasteiger partial charge on any atom is -0.394 e. The van der Waals surface area contributed by atoms with Gasteiger partial charge < -0.3 is 40.3 Å². The van der Waals surface area contributed by atoms with E-state index in [2.05, 4.69) is 31.3 Å². The second kappa shape index (κ2) is 41.9. The number of unbranched alkanes of at least 4 members (excludes halogenated alkanes) is 32. The molecule has 1 rings (SSSR count). The van der Waals surface area contributed by atoms with Crippen LogP contribution in [0.25, 0.3) is 0 Å². The van der Waals surface area contributed by atoms with Gasteiger partial charge in [-0.25, -0.2) is 0 Å². The Morgan fingerprint density at radius 1 is 0.550 bits per heavy atom. The van der Waals surface area contributed by atoms with E-state index in [-0.39, 0.29) is 12.5 Å². The van der Waals surface area contributed by atoms with Gasteiger partial charge in [-0.1, -0.05) is 219 Å². The van der Waals surface area contributed by atoms with E-state index in [0.29, 0.717) is 12.8 Å². The largest absolute Gasteiger partial charge is 0.394 e. The number of hydrogen-bond acceptors (Lipinski definition) is 8. The molecule has 0 aliphatic carbocycles. The second-order valence-corrected chi connectivity index (χ2v) is 18.3. The van der Waals surface area contributed by atoms with E-state index in [1.165, 1.54) is 186 Å². The van der Waals surface area contributed by atoms with Crippen LogP contribution in [0.3, 0.4) is 0 Å². The van der Waals surface area contributed by atoms with Crippen LogP contribution in [0.2, 0.25) is 0 Å². The minimum absolute atomic E-state index is 0.136. The van der Waals surface area contributed by atoms with Gasteiger partial charge in [0.15, 0.2) is 6.29 Å². The highest BCUT2D eigenvalue weighted by atomic mass is 16.7. The summed E-state index contributed by atoms with van der Waals surface area (Å²) in [5.41, 5.74) is 0. The van der Waals surface area contributed by atoms with Crippen LogP contribution in [0.15, 0.2) is 12.2 Å². The highest BCUT2D eigenvalue weighted by Gasteiger charge is 2.44. The summed E-state index contributed by atoms with van der Waals surface area (Å²) < 4.78 is 11.3. The van der Waals surface area contributed by atoms with Crippen LogP contribution in [-0.2, 0) is 14.3 Å². The molecule has 1 saturated heterocycles. The molecule has 1 heterocycles. The Hall–Kier alpha value is -1.07. The predicted octanol–water partition coefficient (Wildman–Crippen LogP) is 11.7. The number of hydrogen-bond donors (Lipinski definition) is 6. The first-order chi connectivity index (χ1) is 29.3. The number of allylic oxidation sites excluding steroid dienone is 2. The fraction of sp³-hybridized carbons (Fsp3) is 0.941. The first kappa shape index (κ1) is 56.9. The molecule has 7 atom stereocenters. The summed E-state index contributed by atoms with van der Waals surface area (Å²) in [6.07, 6.45) is 42.2. The van der Waals surface area contributed by atoms with Crippen molar-refractivity contribution in [3.05, 3.63) is 12.2 Å². The SMILES string of the molecule is CCCCCCCCCCCC/C=C\CCCCCCCCCC(=O)NC(COC1OC(CO)C(O)C(O)C1O)C(O)CCCCCCCCCCCCCCCCCC. The fourth-order valence-corrected chi connectivity index (χ4v) is 8.45. The molecule has 0 bridgehead atoms. The lowest BCUT2D eigenvalue weighted by molar-refractivity contribution is -0.302. The number of ether oxygens (including phenoxy) is 2. The topological polar surface area (TPSA) is 149 Å². The molecule has 0 saturated carbocycles. The molecule has 0 aromatic carbocycles. The van der Waals surface area contributed by atoms with E-state index in [1.54, 1.807) is 0 Å². The van der Waals surface area contributed by atoms with Gasteiger partial charge in [-0.2, -0.15) is 0 Å². The number of carbonyl (C=O) groups is 1. The van der Waals surface area contributed by atoms with Crippen molar-refractivity contribution in [1.29, 1.82) is 0 Å². The minimum atomic E-state index is -1.55. The molecule has 6 N–H and O–H groups in total. The maximum atomic E-state index is 13.0. The standard InChI is InChI=1S/C51H99NO8/c1-3-5-7-9-11-13-15-17-19-21-22-23-24-25-27-29-31-33-35-37-39-41-47(55)52-44(43-59-51-50(58)49(57)48(56)46(42-53)60-51)45(54)40-38-36-34-32-30-28-26-20-18-16-14-12-10-8-6-4-2/h23-24,44-46,48-51,53-54,56-58H,3-22,25-43H2,1-2H3,(H,52,55)/b24-23-. The zero-order valence-corrected chi connectivity index (χ0v) is 39.2. The van der Waals surface area contributed by atoms with Gasteiger partial charge in [0.1, 0.15) is 24.4 Å². The Labute approximate surface area is 369 Å². The summed E-state index contributed by atoms with van der Waals surface area (Å²) in [7, 11) is 0. The Bertz CT molecular complexity index is 950. The van der Waals surface area contributed by atoms with Crippen LogP contribution >= 0.6 is 0 Å². The molecular weight excluding hydrogens is 755 g/mol. The number of rotatable bonds is 44. The Morgan fingerprint density at radius 3 is 1.35 bits per heavy atom. The molecule has 0 spiro atoms. The average Bonchev–Trinajstić information content (AvgIpc) is 3.25. The van der Waals surface area contributed by atoms with Crippen LogP contribution in [0.4, 0.5) is 0 Å². The van der Waals surface area contributed by atoms with Crippen LogP contribution in [0.5, 0.6) is 0 Å². The van der Waals surface area contributed by atoms with E-state index in [9.17, 15) is 30.3 Å². The van der Waals surface area contributed by atoms with E-state index in [1.807, 2.05) is 0 Å². The van der Waals surface area contributed by atoms with Crippen molar-refractivity contribution in [1.82, 2.24) is 5.32 Å². The molecule has 1 aliphatic rings. The lowest BCUT2D eigenvalue weighted by Gasteiger charge is -2.40. The molecule has 0 radical (unpaired) electrons. The van der Waals surface area contributed by atoms with E-state index in [0.717, 1.165) is 38.5 Å². The summed E-state index contributed by atoms with van der Waals surface area (Å²) in [5, 5.41) is 54.5. The van der Waals surface area contributed by atoms with Crippen molar-refractivity contribution in [2.45, 2.75) is 294 Å². The molecule has 7 unspecified atom stereocenters. The van der Waals surface area contributed by atoms with Crippen molar-refractivity contribution in [3.8, 4) is 0 Å². The maximum absolute atomic E-state index is 13.0. The third-order valence-electron chi connectivity index (χ3n) is 12.6. The monoisotopic (exact) mass is 854 g/mol. The van der Waals surface area contributed by atoms with Crippen molar-refractivity contribution >= 4 is 5.91 Å². The summed E-state index contributed by atoms with van der Waals surface area (Å²) in [4.78, 5) is 13.0. The van der Waals surface area contributed by atoms with E-state index >= 15 is 0 Å². The van der Waals surface area contributed by atoms with Crippen LogP contribution < -0.4 is 5.32 Å². The van der Waals surface area contributed by atoms with Crippen LogP contribution in [0, 0.1) is 0 Å². The van der Waals surface area contributed by atoms with Gasteiger partial charge in [-0.05, 0) is 38.5 Å². The van der Waals surface area contributed by atoms with Crippen molar-refractivity contribution in [3.63, 3.8) is 0 Å². The highest BCUT2D eigenvalue weighted by molar-refractivity contribution is 5.76. The van der Waals surface area contributed by atoms with E-state index in [4.69, 9.17) is 9.47 Å². The van der Waals surface area contributed by atoms with Crippen LogP contribution in [-0.4, -0.2) is 87.5 Å². The van der Waals surface area contributed by atoms with Gasteiger partial charge in [0.25, 0.3) is 0 Å². The third kappa shape index (κ3) is 31.7. The summed E-state index contributed by atoms with van der Waals surface area (Å²) in [6, 6.07) is -0.717. The highest BCUT2D eigenvalue weighted by Crippen LogP contribution is 2.23. The number of nitrogens with one attached hydrogen (secondary N) is 1. The lowest BCUT2D eigenvalue weighted by Crippen LogP contribution is -2.60. The first-order valence-corrected chi connectivity index (χ1v) is 25.9. The smallest absolute Gasteiger partial charge is 0.220 e. The van der Waals surface area contributed by atoms with Gasteiger partial charge in [-0.3, -0.25) is 4.79 Å². The van der Waals surface area contributed by atoms with Gasteiger partial charge in [0.2, 0.25) is 5.91 Å². The molecule has 0 aromatic heterocycles. The fourth-order valence-electron chi connectivity index (χ4n) is 8.45. The Morgan fingerprint density at radius 2 is 0.933 bits per heavy atom. The van der Waals surface area contributed by atoms with Gasteiger partial charge >= 0.3 is 0 Å². The zero-order chi connectivity index (χ0) is 43.7. The lowest BCUT2D eigenvalue weighted by atomic mass is 9.99. The molecule has 9 nitrogen and oxygen atoms in total. The van der Waals surface area contributed by atoms with Gasteiger partial charge in [0, 0.05) is 6.42 Å². The normalized spacial score (nSPS) is 20.6. The van der Waals surface area contributed by atoms with Gasteiger partial charge in [-0.15, -0.1) is 0 Å². The molecular formula is C51H99NO8. The zero-order valence-electron chi connectivity index (χ0n) is 39.2. The summed E-state index contributed by atoms with van der Waals surface area (Å²) in [6.45, 7) is 3.86. The molecule has 9 heteroatoms. The molecule has 1 fully saturated rings. The van der Waals surface area contributed by atoms with Crippen molar-refractivity contribution in [2.24, 2.45) is 0 Å². The third-order valence-corrected chi connectivity index (χ3v) is 12.6. The molecule has 0 aromatic rings. The number of aliphatic hydroxyl groups is 5. The van der Waals surface area contributed by atoms with Crippen LogP contribution in [0.1, 0.15) is 251 Å².